The minimum Gasteiger partial charge on any atom is -0.369 e. The molecule has 2 N–H and O–H groups in total. The Labute approximate surface area is 135 Å². The molecule has 1 aliphatic rings. The molecule has 5 heteroatoms. The van der Waals surface area contributed by atoms with Gasteiger partial charge in [0.1, 0.15) is 11.9 Å². The maximum atomic E-state index is 11.3. The third kappa shape index (κ3) is 3.16. The molecule has 0 spiro atoms. The van der Waals surface area contributed by atoms with Crippen LogP contribution in [-0.4, -0.2) is 24.0 Å². The number of amides is 1. The van der Waals surface area contributed by atoms with Crippen LogP contribution in [-0.2, 0) is 4.79 Å². The minimum atomic E-state index is -0.238. The van der Waals surface area contributed by atoms with E-state index in [0.29, 0.717) is 37.3 Å². The fourth-order valence-corrected chi connectivity index (χ4v) is 2.96. The smallest absolute Gasteiger partial charge is 0.220 e. The van der Waals surface area contributed by atoms with Gasteiger partial charge in [-0.1, -0.05) is 30.3 Å². The van der Waals surface area contributed by atoms with E-state index < -0.39 is 0 Å². The Morgan fingerprint density at radius 3 is 2.52 bits per heavy atom. The van der Waals surface area contributed by atoms with Crippen molar-refractivity contribution in [2.24, 2.45) is 11.7 Å². The molecule has 2 heterocycles. The summed E-state index contributed by atoms with van der Waals surface area (Å²) in [6.07, 6.45) is 3.22. The average Bonchev–Trinajstić information content (AvgIpc) is 2.62. The summed E-state index contributed by atoms with van der Waals surface area (Å²) in [4.78, 5) is 17.8. The minimum absolute atomic E-state index is 0.0691. The highest BCUT2D eigenvalue weighted by atomic mass is 16.1. The van der Waals surface area contributed by atoms with Gasteiger partial charge in [0, 0.05) is 30.8 Å². The first-order valence-corrected chi connectivity index (χ1v) is 7.69. The van der Waals surface area contributed by atoms with Gasteiger partial charge in [0.15, 0.2) is 0 Å². The monoisotopic (exact) mass is 306 g/mol. The molecule has 0 bridgehead atoms. The number of nitrogens with zero attached hydrogens (tertiary/aromatic N) is 3. The number of anilines is 1. The molecule has 116 valence electrons. The molecule has 1 amide bonds. The van der Waals surface area contributed by atoms with Gasteiger partial charge in [0.25, 0.3) is 0 Å². The third-order valence-corrected chi connectivity index (χ3v) is 4.29. The number of primary amides is 1. The van der Waals surface area contributed by atoms with E-state index in [2.05, 4.69) is 16.0 Å². The zero-order chi connectivity index (χ0) is 16.2. The Balaban J connectivity index is 1.84. The lowest BCUT2D eigenvalue weighted by Crippen LogP contribution is -2.39. The zero-order valence-corrected chi connectivity index (χ0v) is 12.8. The topological polar surface area (TPSA) is 83.0 Å². The lowest BCUT2D eigenvalue weighted by atomic mass is 9.96. The summed E-state index contributed by atoms with van der Waals surface area (Å²) < 4.78 is 0. The second-order valence-corrected chi connectivity index (χ2v) is 5.74. The largest absolute Gasteiger partial charge is 0.369 e. The fraction of sp³-hybridized carbons (Fsp3) is 0.278. The van der Waals surface area contributed by atoms with Gasteiger partial charge in [-0.15, -0.1) is 0 Å². The average molecular weight is 306 g/mol. The van der Waals surface area contributed by atoms with Gasteiger partial charge < -0.3 is 10.6 Å². The van der Waals surface area contributed by atoms with Crippen LogP contribution in [0.2, 0.25) is 0 Å². The van der Waals surface area contributed by atoms with Gasteiger partial charge in [-0.05, 0) is 24.5 Å². The van der Waals surface area contributed by atoms with E-state index >= 15 is 0 Å². The van der Waals surface area contributed by atoms with Crippen molar-refractivity contribution in [3.05, 3.63) is 48.2 Å². The Kier molecular flexibility index (Phi) is 4.24. The number of pyridine rings is 1. The van der Waals surface area contributed by atoms with Crippen LogP contribution in [0.15, 0.2) is 42.6 Å². The molecule has 1 aromatic carbocycles. The van der Waals surface area contributed by atoms with Crippen LogP contribution in [0.5, 0.6) is 0 Å². The van der Waals surface area contributed by atoms with Crippen LogP contribution in [0.4, 0.5) is 5.82 Å². The molecule has 0 saturated carbocycles. The molecule has 0 radical (unpaired) electrons. The summed E-state index contributed by atoms with van der Waals surface area (Å²) in [5, 5.41) is 9.47. The van der Waals surface area contributed by atoms with Gasteiger partial charge in [-0.25, -0.2) is 4.98 Å². The number of hydrogen-bond acceptors (Lipinski definition) is 4. The van der Waals surface area contributed by atoms with Crippen molar-refractivity contribution in [3.63, 3.8) is 0 Å². The lowest BCUT2D eigenvalue weighted by Gasteiger charge is -2.32. The highest BCUT2D eigenvalue weighted by Crippen LogP contribution is 2.27. The van der Waals surface area contributed by atoms with Crippen LogP contribution < -0.4 is 10.6 Å². The molecule has 1 aromatic heterocycles. The van der Waals surface area contributed by atoms with Crippen molar-refractivity contribution < 1.29 is 4.79 Å². The van der Waals surface area contributed by atoms with Crippen LogP contribution in [0.25, 0.3) is 11.1 Å². The van der Waals surface area contributed by atoms with Crippen LogP contribution >= 0.6 is 0 Å². The van der Waals surface area contributed by atoms with Crippen molar-refractivity contribution in [1.29, 1.82) is 5.26 Å². The summed E-state index contributed by atoms with van der Waals surface area (Å²) in [7, 11) is 0. The van der Waals surface area contributed by atoms with Crippen LogP contribution in [0.3, 0.4) is 0 Å². The predicted octanol–water partition coefficient (Wildman–Crippen LogP) is 2.32. The SMILES string of the molecule is N#Cc1cc(-c2ccccc2)cnc1N1CCC(C(N)=O)CC1. The molecular formula is C18H18N4O. The molecule has 0 atom stereocenters. The van der Waals surface area contributed by atoms with Crippen molar-refractivity contribution in [3.8, 4) is 17.2 Å². The van der Waals surface area contributed by atoms with Gasteiger partial charge in [0.05, 0.1) is 5.56 Å². The van der Waals surface area contributed by atoms with E-state index in [-0.39, 0.29) is 11.8 Å². The third-order valence-electron chi connectivity index (χ3n) is 4.29. The molecule has 0 unspecified atom stereocenters. The summed E-state index contributed by atoms with van der Waals surface area (Å²) in [5.41, 5.74) is 7.89. The van der Waals surface area contributed by atoms with E-state index in [1.165, 1.54) is 0 Å². The number of piperidine rings is 1. The number of benzene rings is 1. The fourth-order valence-electron chi connectivity index (χ4n) is 2.96. The summed E-state index contributed by atoms with van der Waals surface area (Å²) in [6.45, 7) is 1.39. The van der Waals surface area contributed by atoms with Crippen molar-refractivity contribution in [1.82, 2.24) is 4.98 Å². The highest BCUT2D eigenvalue weighted by Gasteiger charge is 2.25. The zero-order valence-electron chi connectivity index (χ0n) is 12.8. The first kappa shape index (κ1) is 15.0. The van der Waals surface area contributed by atoms with E-state index in [4.69, 9.17) is 5.73 Å². The highest BCUT2D eigenvalue weighted by molar-refractivity contribution is 5.77. The summed E-state index contributed by atoms with van der Waals surface area (Å²) >= 11 is 0. The molecule has 1 fully saturated rings. The number of nitrogens with two attached hydrogens (primary N) is 1. The standard InChI is InChI=1S/C18H18N4O/c19-11-15-10-16(13-4-2-1-3-5-13)12-21-18(15)22-8-6-14(7-9-22)17(20)23/h1-5,10,12,14H,6-9H2,(H2,20,23). The number of hydrogen-bond donors (Lipinski definition) is 1. The molecule has 2 aromatic rings. The molecule has 23 heavy (non-hydrogen) atoms. The molecule has 5 nitrogen and oxygen atoms in total. The van der Waals surface area contributed by atoms with E-state index in [1.807, 2.05) is 36.4 Å². The van der Waals surface area contributed by atoms with E-state index in [0.717, 1.165) is 11.1 Å². The first-order valence-electron chi connectivity index (χ1n) is 7.69. The van der Waals surface area contributed by atoms with Crippen molar-refractivity contribution in [2.75, 3.05) is 18.0 Å². The van der Waals surface area contributed by atoms with Crippen molar-refractivity contribution in [2.45, 2.75) is 12.8 Å². The number of carbonyl (C=O) groups excluding carboxylic acids is 1. The summed E-state index contributed by atoms with van der Waals surface area (Å²) in [5.74, 6) is 0.382. The molecule has 1 aliphatic heterocycles. The number of carbonyl (C=O) groups is 1. The van der Waals surface area contributed by atoms with E-state index in [1.54, 1.807) is 6.20 Å². The Morgan fingerprint density at radius 2 is 1.91 bits per heavy atom. The normalized spacial score (nSPS) is 15.2. The second-order valence-electron chi connectivity index (χ2n) is 5.74. The number of rotatable bonds is 3. The van der Waals surface area contributed by atoms with Crippen LogP contribution in [0.1, 0.15) is 18.4 Å². The lowest BCUT2D eigenvalue weighted by molar-refractivity contribution is -0.122. The van der Waals surface area contributed by atoms with Gasteiger partial charge in [-0.2, -0.15) is 5.26 Å². The Morgan fingerprint density at radius 1 is 1.22 bits per heavy atom. The predicted molar refractivity (Wildman–Crippen MR) is 88.5 cm³/mol. The van der Waals surface area contributed by atoms with E-state index in [9.17, 15) is 10.1 Å². The number of aromatic nitrogens is 1. The van der Waals surface area contributed by atoms with Gasteiger partial charge >= 0.3 is 0 Å². The van der Waals surface area contributed by atoms with Gasteiger partial charge in [0.2, 0.25) is 5.91 Å². The Hall–Kier alpha value is -2.87. The van der Waals surface area contributed by atoms with Gasteiger partial charge in [-0.3, -0.25) is 4.79 Å². The number of nitriles is 1. The molecular weight excluding hydrogens is 288 g/mol. The molecule has 3 rings (SSSR count). The maximum absolute atomic E-state index is 11.3. The summed E-state index contributed by atoms with van der Waals surface area (Å²) in [6, 6.07) is 14.0. The van der Waals surface area contributed by atoms with Crippen molar-refractivity contribution >= 4 is 11.7 Å². The molecule has 1 saturated heterocycles. The quantitative estimate of drug-likeness (QED) is 0.943. The Bertz CT molecular complexity index is 743. The van der Waals surface area contributed by atoms with Crippen LogP contribution in [0, 0.1) is 17.2 Å². The maximum Gasteiger partial charge on any atom is 0.220 e. The first-order chi connectivity index (χ1) is 11.2. The second kappa shape index (κ2) is 6.49. The molecule has 0 aliphatic carbocycles.